The van der Waals surface area contributed by atoms with Crippen LogP contribution in [0.3, 0.4) is 0 Å². The summed E-state index contributed by atoms with van der Waals surface area (Å²) in [6.45, 7) is 4.40. The van der Waals surface area contributed by atoms with Crippen molar-refractivity contribution in [3.05, 3.63) is 77.6 Å². The lowest BCUT2D eigenvalue weighted by atomic mass is 10.0. The molecule has 3 rings (SSSR count). The second-order valence-electron chi connectivity index (χ2n) is 5.49. The van der Waals surface area contributed by atoms with Crippen molar-refractivity contribution in [2.75, 3.05) is 0 Å². The molecule has 22 heavy (non-hydrogen) atoms. The number of aryl methyl sites for hydroxylation is 2. The fourth-order valence-electron chi connectivity index (χ4n) is 2.65. The van der Waals surface area contributed by atoms with Gasteiger partial charge in [0.05, 0.1) is 0 Å². The van der Waals surface area contributed by atoms with Gasteiger partial charge in [-0.15, -0.1) is 17.0 Å². The lowest BCUT2D eigenvalue weighted by Gasteiger charge is -2.04. The fraction of sp³-hybridized carbons (Fsp3) is 0.158. The maximum atomic E-state index is 12.5. The number of carbonyl (C=O) groups excluding carboxylic acids is 1. The normalized spacial score (nSPS) is 10.3. The van der Waals surface area contributed by atoms with Crippen LogP contribution in [0.4, 0.5) is 0 Å². The van der Waals surface area contributed by atoms with Gasteiger partial charge in [0.1, 0.15) is 0 Å². The number of halogens is 1. The van der Waals surface area contributed by atoms with E-state index in [9.17, 15) is 4.79 Å². The lowest BCUT2D eigenvalue weighted by molar-refractivity contribution is -0.681. The highest BCUT2D eigenvalue weighted by Gasteiger charge is 2.14. The first-order valence-corrected chi connectivity index (χ1v) is 7.12. The zero-order chi connectivity index (χ0) is 14.8. The number of rotatable bonds is 3. The molecule has 0 fully saturated rings. The molecular weight excluding hydrogens is 338 g/mol. The SMILES string of the molecule is Br.Cc1ccc(C(=O)C[n+]2ccc3ccccc3c2)c(C)c1. The Kier molecular flexibility index (Phi) is 5.09. The van der Waals surface area contributed by atoms with Crippen LogP contribution in [0, 0.1) is 13.8 Å². The van der Waals surface area contributed by atoms with Gasteiger partial charge in [-0.2, -0.15) is 4.57 Å². The first kappa shape index (κ1) is 16.4. The zero-order valence-electron chi connectivity index (χ0n) is 12.7. The maximum Gasteiger partial charge on any atom is 0.227 e. The van der Waals surface area contributed by atoms with Gasteiger partial charge >= 0.3 is 0 Å². The van der Waals surface area contributed by atoms with Gasteiger partial charge in [0, 0.05) is 17.0 Å². The van der Waals surface area contributed by atoms with Gasteiger partial charge in [-0.1, -0.05) is 42.0 Å². The third-order valence-corrected chi connectivity index (χ3v) is 3.75. The van der Waals surface area contributed by atoms with E-state index in [2.05, 4.69) is 18.2 Å². The van der Waals surface area contributed by atoms with E-state index in [0.29, 0.717) is 6.54 Å². The number of benzene rings is 2. The summed E-state index contributed by atoms with van der Waals surface area (Å²) in [5.41, 5.74) is 3.03. The van der Waals surface area contributed by atoms with Crippen molar-refractivity contribution in [1.29, 1.82) is 0 Å². The van der Waals surface area contributed by atoms with Gasteiger partial charge in [-0.25, -0.2) is 0 Å². The Hall–Kier alpha value is -2.00. The van der Waals surface area contributed by atoms with Crippen LogP contribution in [-0.2, 0) is 6.54 Å². The van der Waals surface area contributed by atoms with Gasteiger partial charge in [0.25, 0.3) is 0 Å². The van der Waals surface area contributed by atoms with E-state index in [1.165, 1.54) is 10.9 Å². The molecule has 2 aromatic carbocycles. The van der Waals surface area contributed by atoms with Crippen LogP contribution in [0.5, 0.6) is 0 Å². The van der Waals surface area contributed by atoms with Crippen molar-refractivity contribution >= 4 is 33.5 Å². The summed E-state index contributed by atoms with van der Waals surface area (Å²) >= 11 is 0. The van der Waals surface area contributed by atoms with E-state index in [4.69, 9.17) is 0 Å². The van der Waals surface area contributed by atoms with Crippen molar-refractivity contribution in [3.8, 4) is 0 Å². The molecule has 0 bridgehead atoms. The van der Waals surface area contributed by atoms with Gasteiger partial charge < -0.3 is 0 Å². The molecule has 0 unspecified atom stereocenters. The molecule has 0 aliphatic rings. The average molecular weight is 357 g/mol. The van der Waals surface area contributed by atoms with Crippen LogP contribution in [0.15, 0.2) is 60.9 Å². The second-order valence-corrected chi connectivity index (χ2v) is 5.49. The Bertz CT molecular complexity index is 827. The van der Waals surface area contributed by atoms with E-state index in [1.807, 2.05) is 61.1 Å². The number of fused-ring (bicyclic) bond motifs is 1. The van der Waals surface area contributed by atoms with E-state index >= 15 is 0 Å². The van der Waals surface area contributed by atoms with Crippen molar-refractivity contribution < 1.29 is 9.36 Å². The summed E-state index contributed by atoms with van der Waals surface area (Å²) in [5, 5.41) is 2.33. The standard InChI is InChI=1S/C19H18NO.BrH/c1-14-7-8-18(15(2)11-14)19(21)13-20-10-9-16-5-3-4-6-17(16)12-20;/h3-12H,13H2,1-2H3;1H/q+1;. The van der Waals surface area contributed by atoms with Crippen LogP contribution in [0.2, 0.25) is 0 Å². The first-order valence-electron chi connectivity index (χ1n) is 7.12. The Balaban J connectivity index is 0.00000176. The van der Waals surface area contributed by atoms with Crippen molar-refractivity contribution in [1.82, 2.24) is 0 Å². The first-order chi connectivity index (χ1) is 10.1. The summed E-state index contributed by atoms with van der Waals surface area (Å²) in [6.07, 6.45) is 3.99. The molecule has 3 aromatic rings. The zero-order valence-corrected chi connectivity index (χ0v) is 14.5. The predicted octanol–water partition coefficient (Wildman–Crippen LogP) is 4.20. The minimum atomic E-state index is 0. The van der Waals surface area contributed by atoms with Crippen LogP contribution >= 0.6 is 17.0 Å². The van der Waals surface area contributed by atoms with Crippen LogP contribution < -0.4 is 4.57 Å². The molecule has 0 aliphatic heterocycles. The molecule has 0 saturated carbocycles. The number of carbonyl (C=O) groups is 1. The van der Waals surface area contributed by atoms with Crippen molar-refractivity contribution in [2.24, 2.45) is 0 Å². The lowest BCUT2D eigenvalue weighted by Crippen LogP contribution is -2.37. The second kappa shape index (κ2) is 6.84. The van der Waals surface area contributed by atoms with E-state index in [0.717, 1.165) is 16.5 Å². The van der Waals surface area contributed by atoms with Gasteiger partial charge in [0.2, 0.25) is 12.3 Å². The minimum Gasteiger partial charge on any atom is -0.287 e. The van der Waals surface area contributed by atoms with Crippen LogP contribution in [0.1, 0.15) is 21.5 Å². The summed E-state index contributed by atoms with van der Waals surface area (Å²) in [5.74, 6) is 0.146. The highest BCUT2D eigenvalue weighted by Crippen LogP contribution is 2.12. The fourth-order valence-corrected chi connectivity index (χ4v) is 2.65. The highest BCUT2D eigenvalue weighted by molar-refractivity contribution is 8.93. The average Bonchev–Trinajstić information content (AvgIpc) is 2.47. The molecule has 112 valence electrons. The Morgan fingerprint density at radius 3 is 2.45 bits per heavy atom. The summed E-state index contributed by atoms with van der Waals surface area (Å²) in [4.78, 5) is 12.5. The molecule has 0 radical (unpaired) electrons. The summed E-state index contributed by atoms with van der Waals surface area (Å²) in [7, 11) is 0. The Labute approximate surface area is 141 Å². The van der Waals surface area contributed by atoms with Crippen LogP contribution in [-0.4, -0.2) is 5.78 Å². The Morgan fingerprint density at radius 2 is 1.73 bits per heavy atom. The largest absolute Gasteiger partial charge is 0.287 e. The van der Waals surface area contributed by atoms with Gasteiger partial charge in [0.15, 0.2) is 12.4 Å². The van der Waals surface area contributed by atoms with Crippen LogP contribution in [0.25, 0.3) is 10.8 Å². The molecule has 0 spiro atoms. The number of ketones is 1. The third-order valence-electron chi connectivity index (χ3n) is 3.75. The van der Waals surface area contributed by atoms with Gasteiger partial charge in [-0.3, -0.25) is 4.79 Å². The molecule has 0 aliphatic carbocycles. The predicted molar refractivity (Wildman–Crippen MR) is 94.7 cm³/mol. The van der Waals surface area contributed by atoms with Crippen molar-refractivity contribution in [2.45, 2.75) is 20.4 Å². The summed E-state index contributed by atoms with van der Waals surface area (Å²) in [6, 6.07) is 16.2. The summed E-state index contributed by atoms with van der Waals surface area (Å²) < 4.78 is 1.95. The quantitative estimate of drug-likeness (QED) is 0.508. The topological polar surface area (TPSA) is 20.9 Å². The molecule has 0 amide bonds. The molecular formula is C19H19BrNO+. The Morgan fingerprint density at radius 1 is 1.00 bits per heavy atom. The number of hydrogen-bond donors (Lipinski definition) is 0. The number of pyridine rings is 1. The molecule has 1 heterocycles. The molecule has 0 saturated heterocycles. The number of aromatic nitrogens is 1. The molecule has 1 aromatic heterocycles. The smallest absolute Gasteiger partial charge is 0.227 e. The maximum absolute atomic E-state index is 12.5. The van der Waals surface area contributed by atoms with E-state index in [1.54, 1.807) is 0 Å². The monoisotopic (exact) mass is 356 g/mol. The molecule has 0 N–H and O–H groups in total. The van der Waals surface area contributed by atoms with Gasteiger partial charge in [-0.05, 0) is 30.9 Å². The molecule has 2 nitrogen and oxygen atoms in total. The van der Waals surface area contributed by atoms with E-state index in [-0.39, 0.29) is 22.8 Å². The van der Waals surface area contributed by atoms with Crippen molar-refractivity contribution in [3.63, 3.8) is 0 Å². The number of hydrogen-bond acceptors (Lipinski definition) is 1. The number of Topliss-reactive ketones (excluding diaryl/α,β-unsaturated/α-hetero) is 1. The molecule has 3 heteroatoms. The highest BCUT2D eigenvalue weighted by atomic mass is 79.9. The third kappa shape index (κ3) is 3.42. The number of nitrogens with zero attached hydrogens (tertiary/aromatic N) is 1. The molecule has 0 atom stereocenters. The minimum absolute atomic E-state index is 0. The van der Waals surface area contributed by atoms with E-state index < -0.39 is 0 Å².